The number of thiophene rings is 1. The van der Waals surface area contributed by atoms with E-state index in [1.807, 2.05) is 0 Å². The van der Waals surface area contributed by atoms with Crippen LogP contribution in [-0.4, -0.2) is 11.4 Å². The third-order valence-electron chi connectivity index (χ3n) is 1.21. The summed E-state index contributed by atoms with van der Waals surface area (Å²) in [4.78, 5) is -0.311. The molecule has 0 amide bonds. The van der Waals surface area contributed by atoms with Gasteiger partial charge in [0.05, 0.1) is 0 Å². The molecule has 4 heteroatoms. The lowest BCUT2D eigenvalue weighted by atomic mass is 10.3. The van der Waals surface area contributed by atoms with Crippen molar-refractivity contribution in [3.05, 3.63) is 22.4 Å². The molecule has 0 aromatic carbocycles. The van der Waals surface area contributed by atoms with E-state index in [0.29, 0.717) is 6.54 Å². The summed E-state index contributed by atoms with van der Waals surface area (Å²) in [6.07, 6.45) is 0. The maximum atomic E-state index is 5.52. The van der Waals surface area contributed by atoms with Gasteiger partial charge in [-0.1, -0.05) is 0 Å². The molecule has 11 heavy (non-hydrogen) atoms. The first-order valence-electron chi connectivity index (χ1n) is 3.29. The van der Waals surface area contributed by atoms with Crippen molar-refractivity contribution in [3.8, 4) is 0 Å². The molecule has 1 aromatic rings. The van der Waals surface area contributed by atoms with Crippen LogP contribution in [0.5, 0.6) is 0 Å². The summed E-state index contributed by atoms with van der Waals surface area (Å²) in [6, 6.07) is 2.08. The first kappa shape index (κ1) is 9.33. The average Bonchev–Trinajstić information content (AvgIpc) is 2.39. The van der Waals surface area contributed by atoms with Gasteiger partial charge in [0.2, 0.25) is 0 Å². The fraction of sp³-hybridized carbons (Fsp3) is 0.429. The molecule has 0 saturated heterocycles. The van der Waals surface area contributed by atoms with E-state index < -0.39 is 0 Å². The maximum absolute atomic E-state index is 5.52. The largest absolute Gasteiger partial charge is 0.310 e. The fourth-order valence-electron chi connectivity index (χ4n) is 0.719. The predicted octanol–water partition coefficient (Wildman–Crippen LogP) is 2.64. The number of halogens is 2. The fourth-order valence-corrected chi connectivity index (χ4v) is 1.61. The van der Waals surface area contributed by atoms with Crippen molar-refractivity contribution in [2.45, 2.75) is 11.4 Å². The lowest BCUT2D eigenvalue weighted by molar-refractivity contribution is 0.717. The molecule has 1 heterocycles. The number of nitrogens with one attached hydrogen (secondary N) is 1. The highest BCUT2D eigenvalue weighted by Gasteiger charge is 1.97. The van der Waals surface area contributed by atoms with Crippen molar-refractivity contribution in [2.75, 3.05) is 6.54 Å². The van der Waals surface area contributed by atoms with Crippen LogP contribution < -0.4 is 5.32 Å². The van der Waals surface area contributed by atoms with Crippen LogP contribution in [0.3, 0.4) is 0 Å². The van der Waals surface area contributed by atoms with Crippen LogP contribution in [0, 0.1) is 0 Å². The van der Waals surface area contributed by atoms with Crippen LogP contribution in [0.25, 0.3) is 0 Å². The van der Waals surface area contributed by atoms with E-state index in [4.69, 9.17) is 23.2 Å². The Morgan fingerprint density at radius 1 is 1.55 bits per heavy atom. The molecule has 0 fully saturated rings. The van der Waals surface area contributed by atoms with Crippen molar-refractivity contribution in [3.63, 3.8) is 0 Å². The summed E-state index contributed by atoms with van der Waals surface area (Å²) in [5, 5.41) is 7.28. The molecule has 1 rings (SSSR count). The summed E-state index contributed by atoms with van der Waals surface area (Å²) >= 11 is 12.7. The van der Waals surface area contributed by atoms with Gasteiger partial charge < -0.3 is 5.32 Å². The minimum absolute atomic E-state index is 0.311. The Kier molecular flexibility index (Phi) is 4.23. The van der Waals surface area contributed by atoms with Gasteiger partial charge in [0.25, 0.3) is 0 Å². The Morgan fingerprint density at radius 3 is 2.91 bits per heavy atom. The van der Waals surface area contributed by atoms with Crippen LogP contribution in [0.15, 0.2) is 16.8 Å². The molecule has 1 nitrogen and oxygen atoms in total. The molecule has 0 aliphatic carbocycles. The summed E-state index contributed by atoms with van der Waals surface area (Å²) in [6.45, 7) is 1.48. The molecule has 1 N–H and O–H groups in total. The quantitative estimate of drug-likeness (QED) is 0.753. The van der Waals surface area contributed by atoms with E-state index in [9.17, 15) is 0 Å². The molecule has 0 aliphatic rings. The van der Waals surface area contributed by atoms with E-state index in [1.54, 1.807) is 11.3 Å². The molecule has 0 radical (unpaired) electrons. The first-order chi connectivity index (χ1) is 5.29. The lowest BCUT2D eigenvalue weighted by Crippen LogP contribution is -2.19. The molecule has 62 valence electrons. The van der Waals surface area contributed by atoms with Crippen molar-refractivity contribution in [1.82, 2.24) is 5.32 Å². The molecule has 0 aliphatic heterocycles. The molecule has 0 spiro atoms. The number of hydrogen-bond donors (Lipinski definition) is 1. The normalized spacial score (nSPS) is 10.8. The van der Waals surface area contributed by atoms with Gasteiger partial charge in [-0.25, -0.2) is 0 Å². The van der Waals surface area contributed by atoms with Crippen LogP contribution in [0.1, 0.15) is 5.56 Å². The Bertz CT molecular complexity index is 186. The van der Waals surface area contributed by atoms with Gasteiger partial charge in [-0.05, 0) is 22.4 Å². The van der Waals surface area contributed by atoms with E-state index in [-0.39, 0.29) is 4.84 Å². The highest BCUT2D eigenvalue weighted by Crippen LogP contribution is 2.05. The predicted molar refractivity (Wildman–Crippen MR) is 51.5 cm³/mol. The van der Waals surface area contributed by atoms with E-state index >= 15 is 0 Å². The third kappa shape index (κ3) is 3.97. The number of hydrogen-bond acceptors (Lipinski definition) is 2. The maximum Gasteiger partial charge on any atom is 0.120 e. The van der Waals surface area contributed by atoms with Crippen LogP contribution in [0.4, 0.5) is 0 Å². The monoisotopic (exact) mass is 209 g/mol. The second kappa shape index (κ2) is 4.99. The zero-order valence-electron chi connectivity index (χ0n) is 5.89. The lowest BCUT2D eigenvalue weighted by Gasteiger charge is -2.02. The Morgan fingerprint density at radius 2 is 2.36 bits per heavy atom. The minimum atomic E-state index is -0.311. The molecule has 0 unspecified atom stereocenters. The van der Waals surface area contributed by atoms with Gasteiger partial charge >= 0.3 is 0 Å². The zero-order valence-corrected chi connectivity index (χ0v) is 8.22. The molecular weight excluding hydrogens is 201 g/mol. The molecule has 0 bridgehead atoms. The van der Waals surface area contributed by atoms with Crippen LogP contribution in [0.2, 0.25) is 0 Å². The third-order valence-corrected chi connectivity index (χ3v) is 2.25. The van der Waals surface area contributed by atoms with Crippen LogP contribution in [-0.2, 0) is 6.54 Å². The van der Waals surface area contributed by atoms with Gasteiger partial charge in [-0.2, -0.15) is 11.3 Å². The summed E-state index contributed by atoms with van der Waals surface area (Å²) in [5.41, 5.74) is 1.28. The molecule has 1 aromatic heterocycles. The van der Waals surface area contributed by atoms with Gasteiger partial charge in [0.1, 0.15) is 4.84 Å². The van der Waals surface area contributed by atoms with Gasteiger partial charge in [-0.15, -0.1) is 23.2 Å². The first-order valence-corrected chi connectivity index (χ1v) is 5.10. The Balaban J connectivity index is 2.14. The molecular formula is C7H9Cl2NS. The zero-order chi connectivity index (χ0) is 8.10. The number of alkyl halides is 2. The molecule has 0 atom stereocenters. The van der Waals surface area contributed by atoms with Crippen LogP contribution >= 0.6 is 34.5 Å². The summed E-state index contributed by atoms with van der Waals surface area (Å²) < 4.78 is 0. The van der Waals surface area contributed by atoms with E-state index in [2.05, 4.69) is 22.1 Å². The Hall–Kier alpha value is 0.240. The van der Waals surface area contributed by atoms with Gasteiger partial charge in [-0.3, -0.25) is 0 Å². The minimum Gasteiger partial charge on any atom is -0.310 e. The van der Waals surface area contributed by atoms with Crippen molar-refractivity contribution in [2.24, 2.45) is 0 Å². The van der Waals surface area contributed by atoms with Gasteiger partial charge in [0.15, 0.2) is 0 Å². The van der Waals surface area contributed by atoms with Crippen molar-refractivity contribution < 1.29 is 0 Å². The summed E-state index contributed by atoms with van der Waals surface area (Å²) in [7, 11) is 0. The Labute approximate surface area is 80.3 Å². The second-order valence-electron chi connectivity index (χ2n) is 2.15. The standard InChI is InChI=1S/C7H9Cl2NS/c8-7(9)4-10-3-6-1-2-11-5-6/h1-2,5,7,10H,3-4H2. The topological polar surface area (TPSA) is 12.0 Å². The van der Waals surface area contributed by atoms with Gasteiger partial charge in [0, 0.05) is 13.1 Å². The highest BCUT2D eigenvalue weighted by atomic mass is 35.5. The average molecular weight is 210 g/mol. The SMILES string of the molecule is ClC(Cl)CNCc1ccsc1. The molecule has 0 saturated carbocycles. The smallest absolute Gasteiger partial charge is 0.120 e. The summed E-state index contributed by atoms with van der Waals surface area (Å²) in [5.74, 6) is 0. The van der Waals surface area contributed by atoms with Crippen molar-refractivity contribution in [1.29, 1.82) is 0 Å². The van der Waals surface area contributed by atoms with E-state index in [0.717, 1.165) is 6.54 Å². The van der Waals surface area contributed by atoms with E-state index in [1.165, 1.54) is 5.56 Å². The second-order valence-corrected chi connectivity index (χ2v) is 4.21. The number of rotatable bonds is 4. The highest BCUT2D eigenvalue weighted by molar-refractivity contribution is 7.07. The van der Waals surface area contributed by atoms with Crippen molar-refractivity contribution >= 4 is 34.5 Å².